The molecule has 132 valence electrons. The Morgan fingerprint density at radius 3 is 2.84 bits per heavy atom. The molecule has 0 atom stereocenters. The Bertz CT molecular complexity index is 754. The fourth-order valence-electron chi connectivity index (χ4n) is 2.94. The fraction of sp³-hybridized carbons (Fsp3) is 0.412. The molecule has 1 amide bonds. The van der Waals surface area contributed by atoms with Crippen LogP contribution in [0.5, 0.6) is 0 Å². The zero-order valence-corrected chi connectivity index (χ0v) is 13.9. The van der Waals surface area contributed by atoms with Crippen molar-refractivity contribution in [3.63, 3.8) is 0 Å². The summed E-state index contributed by atoms with van der Waals surface area (Å²) in [5, 5.41) is 23.8. The van der Waals surface area contributed by atoms with Crippen molar-refractivity contribution in [3.8, 4) is 0 Å². The molecule has 0 fully saturated rings. The van der Waals surface area contributed by atoms with Crippen LogP contribution in [0.2, 0.25) is 0 Å². The van der Waals surface area contributed by atoms with E-state index in [-0.39, 0.29) is 11.6 Å². The topological polar surface area (TPSA) is 113 Å². The maximum absolute atomic E-state index is 12.2. The Morgan fingerprint density at radius 2 is 2.08 bits per heavy atom. The predicted octanol–water partition coefficient (Wildman–Crippen LogP) is 1.72. The van der Waals surface area contributed by atoms with Crippen molar-refractivity contribution in [1.82, 2.24) is 20.8 Å². The second kappa shape index (κ2) is 7.89. The van der Waals surface area contributed by atoms with Gasteiger partial charge in [-0.15, -0.1) is 0 Å². The standard InChI is InChI=1S/C17H21N5O3/c23-17(16-14-11-18-10-8-15(14)20-21-16)19-9-2-1-3-12-4-6-13(7-5-12)22(24)25/h4-7,18H,1-3,8-11H2,(H,19,23)(H,20,21). The first-order chi connectivity index (χ1) is 12.1. The van der Waals surface area contributed by atoms with Crippen LogP contribution in [0, 0.1) is 10.1 Å². The number of amides is 1. The van der Waals surface area contributed by atoms with E-state index in [4.69, 9.17) is 0 Å². The third kappa shape index (κ3) is 4.21. The zero-order valence-electron chi connectivity index (χ0n) is 13.9. The number of aromatic nitrogens is 2. The minimum Gasteiger partial charge on any atom is -0.351 e. The van der Waals surface area contributed by atoms with Crippen LogP contribution in [0.4, 0.5) is 5.69 Å². The van der Waals surface area contributed by atoms with Crippen LogP contribution in [-0.2, 0) is 19.4 Å². The lowest BCUT2D eigenvalue weighted by molar-refractivity contribution is -0.384. The van der Waals surface area contributed by atoms with E-state index >= 15 is 0 Å². The van der Waals surface area contributed by atoms with Crippen LogP contribution in [0.1, 0.15) is 40.2 Å². The Kier molecular flexibility index (Phi) is 5.39. The molecule has 1 aliphatic heterocycles. The van der Waals surface area contributed by atoms with Crippen molar-refractivity contribution in [1.29, 1.82) is 0 Å². The lowest BCUT2D eigenvalue weighted by Crippen LogP contribution is -2.29. The first-order valence-electron chi connectivity index (χ1n) is 8.43. The number of rotatable bonds is 7. The Morgan fingerprint density at radius 1 is 1.28 bits per heavy atom. The van der Waals surface area contributed by atoms with Gasteiger partial charge in [0.15, 0.2) is 5.69 Å². The molecule has 0 bridgehead atoms. The third-order valence-electron chi connectivity index (χ3n) is 4.35. The molecule has 8 heteroatoms. The molecule has 0 spiro atoms. The molecule has 3 rings (SSSR count). The van der Waals surface area contributed by atoms with Crippen LogP contribution >= 0.6 is 0 Å². The average Bonchev–Trinajstić information content (AvgIpc) is 3.06. The number of H-pyrrole nitrogens is 1. The fourth-order valence-corrected chi connectivity index (χ4v) is 2.94. The van der Waals surface area contributed by atoms with Crippen LogP contribution < -0.4 is 10.6 Å². The van der Waals surface area contributed by atoms with Crippen LogP contribution in [0.25, 0.3) is 0 Å². The highest BCUT2D eigenvalue weighted by Gasteiger charge is 2.20. The van der Waals surface area contributed by atoms with E-state index in [0.717, 1.165) is 49.0 Å². The average molecular weight is 343 g/mol. The summed E-state index contributed by atoms with van der Waals surface area (Å²) in [6.07, 6.45) is 3.44. The van der Waals surface area contributed by atoms with Gasteiger partial charge in [-0.05, 0) is 24.8 Å². The summed E-state index contributed by atoms with van der Waals surface area (Å²) >= 11 is 0. The summed E-state index contributed by atoms with van der Waals surface area (Å²) in [5.41, 5.74) is 3.66. The van der Waals surface area contributed by atoms with E-state index in [9.17, 15) is 14.9 Å². The molecular weight excluding hydrogens is 322 g/mol. The third-order valence-corrected chi connectivity index (χ3v) is 4.35. The summed E-state index contributed by atoms with van der Waals surface area (Å²) in [4.78, 5) is 22.4. The van der Waals surface area contributed by atoms with Gasteiger partial charge in [-0.2, -0.15) is 5.10 Å². The number of nitro groups is 1. The summed E-state index contributed by atoms with van der Waals surface area (Å²) in [5.74, 6) is -0.142. The molecule has 25 heavy (non-hydrogen) atoms. The van der Waals surface area contributed by atoms with Crippen molar-refractivity contribution in [3.05, 3.63) is 56.9 Å². The second-order valence-corrected chi connectivity index (χ2v) is 6.09. The molecule has 8 nitrogen and oxygen atoms in total. The molecule has 2 heterocycles. The van der Waals surface area contributed by atoms with Gasteiger partial charge >= 0.3 is 0 Å². The molecule has 2 aromatic rings. The number of unbranched alkanes of at least 4 members (excludes halogenated alkanes) is 1. The van der Waals surface area contributed by atoms with Crippen molar-refractivity contribution in [2.75, 3.05) is 13.1 Å². The Hall–Kier alpha value is -2.74. The first-order valence-corrected chi connectivity index (χ1v) is 8.43. The van der Waals surface area contributed by atoms with Gasteiger partial charge in [0.1, 0.15) is 0 Å². The second-order valence-electron chi connectivity index (χ2n) is 6.09. The van der Waals surface area contributed by atoms with Gasteiger partial charge < -0.3 is 10.6 Å². The highest BCUT2D eigenvalue weighted by molar-refractivity contribution is 5.94. The summed E-state index contributed by atoms with van der Waals surface area (Å²) in [6, 6.07) is 6.59. The van der Waals surface area contributed by atoms with Gasteiger partial charge in [-0.3, -0.25) is 20.0 Å². The highest BCUT2D eigenvalue weighted by atomic mass is 16.6. The quantitative estimate of drug-likeness (QED) is 0.402. The van der Waals surface area contributed by atoms with Gasteiger partial charge in [-0.1, -0.05) is 12.1 Å². The molecular formula is C17H21N5O3. The van der Waals surface area contributed by atoms with Crippen molar-refractivity contribution >= 4 is 11.6 Å². The maximum atomic E-state index is 12.2. The number of fused-ring (bicyclic) bond motifs is 1. The number of carbonyl (C=O) groups excluding carboxylic acids is 1. The SMILES string of the molecule is O=C(NCCCCc1ccc([N+](=O)[O-])cc1)c1n[nH]c2c1CNCC2. The lowest BCUT2D eigenvalue weighted by Gasteiger charge is -2.12. The van der Waals surface area contributed by atoms with E-state index in [2.05, 4.69) is 20.8 Å². The minimum absolute atomic E-state index is 0.104. The Labute approximate surface area is 145 Å². The van der Waals surface area contributed by atoms with Gasteiger partial charge in [-0.25, -0.2) is 0 Å². The molecule has 1 aromatic heterocycles. The van der Waals surface area contributed by atoms with Crippen molar-refractivity contribution < 1.29 is 9.72 Å². The van der Waals surface area contributed by atoms with Crippen LogP contribution in [0.3, 0.4) is 0 Å². The van der Waals surface area contributed by atoms with Gasteiger partial charge in [0.25, 0.3) is 11.6 Å². The molecule has 0 unspecified atom stereocenters. The number of benzene rings is 1. The molecule has 0 saturated heterocycles. The minimum atomic E-state index is -0.400. The van der Waals surface area contributed by atoms with Crippen molar-refractivity contribution in [2.45, 2.75) is 32.2 Å². The zero-order chi connectivity index (χ0) is 17.6. The number of nitro benzene ring substituents is 1. The number of hydrogen-bond acceptors (Lipinski definition) is 5. The summed E-state index contributed by atoms with van der Waals surface area (Å²) in [6.45, 7) is 2.16. The van der Waals surface area contributed by atoms with E-state index in [1.807, 2.05) is 0 Å². The molecule has 1 aliphatic rings. The summed E-state index contributed by atoms with van der Waals surface area (Å²) in [7, 11) is 0. The van der Waals surface area contributed by atoms with Crippen molar-refractivity contribution in [2.24, 2.45) is 0 Å². The number of non-ortho nitro benzene ring substituents is 1. The first kappa shape index (κ1) is 17.1. The number of aromatic amines is 1. The van der Waals surface area contributed by atoms with Gasteiger partial charge in [0.05, 0.1) is 4.92 Å². The molecule has 1 aromatic carbocycles. The molecule has 3 N–H and O–H groups in total. The summed E-state index contributed by atoms with van der Waals surface area (Å²) < 4.78 is 0. The highest BCUT2D eigenvalue weighted by Crippen LogP contribution is 2.15. The molecule has 0 radical (unpaired) electrons. The number of hydrogen-bond donors (Lipinski definition) is 3. The lowest BCUT2D eigenvalue weighted by atomic mass is 10.1. The molecule has 0 aliphatic carbocycles. The van der Waals surface area contributed by atoms with Gasteiger partial charge in [0.2, 0.25) is 0 Å². The predicted molar refractivity (Wildman–Crippen MR) is 92.4 cm³/mol. The molecule has 0 saturated carbocycles. The monoisotopic (exact) mass is 343 g/mol. The number of aryl methyl sites for hydroxylation is 1. The van der Waals surface area contributed by atoms with E-state index in [1.54, 1.807) is 12.1 Å². The van der Waals surface area contributed by atoms with E-state index < -0.39 is 4.92 Å². The van der Waals surface area contributed by atoms with Crippen LogP contribution in [-0.4, -0.2) is 34.1 Å². The number of nitrogens with zero attached hydrogens (tertiary/aromatic N) is 2. The van der Waals surface area contributed by atoms with E-state index in [0.29, 0.717) is 18.8 Å². The smallest absolute Gasteiger partial charge is 0.272 e. The van der Waals surface area contributed by atoms with E-state index in [1.165, 1.54) is 12.1 Å². The Balaban J connectivity index is 1.40. The normalized spacial score (nSPS) is 13.3. The number of carbonyl (C=O) groups is 1. The number of nitrogens with one attached hydrogen (secondary N) is 3. The largest absolute Gasteiger partial charge is 0.351 e. The van der Waals surface area contributed by atoms with Gasteiger partial charge in [0, 0.05) is 49.4 Å². The maximum Gasteiger partial charge on any atom is 0.272 e. The van der Waals surface area contributed by atoms with Crippen LogP contribution in [0.15, 0.2) is 24.3 Å².